The Bertz CT molecular complexity index is 934. The molecular weight excluding hydrogens is 336 g/mol. The monoisotopic (exact) mass is 358 g/mol. The molecule has 0 unspecified atom stereocenters. The number of hydrogen-bond acceptors (Lipinski definition) is 3. The minimum atomic E-state index is 0. The van der Waals surface area contributed by atoms with Gasteiger partial charge in [-0.2, -0.15) is 0 Å². The first-order chi connectivity index (χ1) is 11.5. The molecule has 132 valence electrons. The van der Waals surface area contributed by atoms with Gasteiger partial charge < -0.3 is 14.2 Å². The molecule has 1 aromatic heterocycles. The van der Waals surface area contributed by atoms with Gasteiger partial charge in [0.2, 0.25) is 0 Å². The molecule has 0 saturated carbocycles. The van der Waals surface area contributed by atoms with E-state index < -0.39 is 0 Å². The first kappa shape index (κ1) is 19.0. The Morgan fingerprint density at radius 3 is 2.32 bits per heavy atom. The number of fused-ring (bicyclic) bond motifs is 1. The van der Waals surface area contributed by atoms with Gasteiger partial charge in [0.05, 0.1) is 7.11 Å². The Balaban J connectivity index is 0.00000225. The summed E-state index contributed by atoms with van der Waals surface area (Å²) in [6.45, 7) is 0.684. The van der Waals surface area contributed by atoms with Crippen molar-refractivity contribution in [2.24, 2.45) is 7.05 Å². The summed E-state index contributed by atoms with van der Waals surface area (Å²) in [4.78, 5) is 14.9. The lowest BCUT2D eigenvalue weighted by Gasteiger charge is -2.20. The third-order valence-electron chi connectivity index (χ3n) is 4.25. The lowest BCUT2D eigenvalue weighted by molar-refractivity contribution is 0.390. The average molecular weight is 359 g/mol. The largest absolute Gasteiger partial charge is 0.497 e. The Morgan fingerprint density at radius 2 is 1.72 bits per heavy atom. The Labute approximate surface area is 154 Å². The Hall–Kier alpha value is -2.30. The highest BCUT2D eigenvalue weighted by atomic mass is 35.5. The summed E-state index contributed by atoms with van der Waals surface area (Å²) in [5.74, 6) is 0.753. The molecule has 0 saturated heterocycles. The highest BCUT2D eigenvalue weighted by Gasteiger charge is 2.17. The predicted octanol–water partition coefficient (Wildman–Crippen LogP) is 3.70. The van der Waals surface area contributed by atoms with Crippen LogP contribution in [0.15, 0.2) is 53.3 Å². The summed E-state index contributed by atoms with van der Waals surface area (Å²) in [5.41, 5.74) is 3.20. The van der Waals surface area contributed by atoms with Gasteiger partial charge in [-0.05, 0) is 37.9 Å². The van der Waals surface area contributed by atoms with Gasteiger partial charge in [-0.1, -0.05) is 30.3 Å². The molecule has 5 heteroatoms. The number of methoxy groups -OCH3 is 1. The molecule has 0 atom stereocenters. The van der Waals surface area contributed by atoms with Crippen LogP contribution in [0, 0.1) is 0 Å². The van der Waals surface area contributed by atoms with E-state index in [9.17, 15) is 4.79 Å². The molecule has 2 aromatic carbocycles. The van der Waals surface area contributed by atoms with Crippen LogP contribution in [0.25, 0.3) is 21.9 Å². The molecule has 0 spiro atoms. The van der Waals surface area contributed by atoms with Crippen molar-refractivity contribution in [1.82, 2.24) is 9.47 Å². The Kier molecular flexibility index (Phi) is 5.88. The molecule has 0 bridgehead atoms. The van der Waals surface area contributed by atoms with Crippen LogP contribution in [0.1, 0.15) is 5.69 Å². The summed E-state index contributed by atoms with van der Waals surface area (Å²) >= 11 is 0. The summed E-state index contributed by atoms with van der Waals surface area (Å²) in [7, 11) is 7.51. The number of ether oxygens (including phenoxy) is 1. The summed E-state index contributed by atoms with van der Waals surface area (Å²) < 4.78 is 7.15. The number of pyridine rings is 1. The van der Waals surface area contributed by atoms with Gasteiger partial charge in [0.15, 0.2) is 0 Å². The third-order valence-corrected chi connectivity index (χ3v) is 4.25. The summed E-state index contributed by atoms with van der Waals surface area (Å²) in [6.07, 6.45) is 0. The normalized spacial score (nSPS) is 10.8. The van der Waals surface area contributed by atoms with Crippen molar-refractivity contribution >= 4 is 23.2 Å². The highest BCUT2D eigenvalue weighted by molar-refractivity contribution is 5.98. The fraction of sp³-hybridized carbons (Fsp3) is 0.250. The fourth-order valence-electron chi connectivity index (χ4n) is 3.08. The second kappa shape index (κ2) is 7.72. The van der Waals surface area contributed by atoms with Gasteiger partial charge in [0.1, 0.15) is 5.75 Å². The van der Waals surface area contributed by atoms with Crippen LogP contribution in [-0.2, 0) is 13.6 Å². The molecule has 4 nitrogen and oxygen atoms in total. The van der Waals surface area contributed by atoms with E-state index in [1.165, 1.54) is 0 Å². The zero-order valence-electron chi connectivity index (χ0n) is 14.9. The number of halogens is 1. The molecule has 3 rings (SSSR count). The molecule has 0 aliphatic heterocycles. The van der Waals surface area contributed by atoms with Crippen molar-refractivity contribution in [3.05, 3.63) is 64.6 Å². The van der Waals surface area contributed by atoms with Crippen LogP contribution in [0.4, 0.5) is 0 Å². The smallest absolute Gasteiger partial charge is 0.258 e. The van der Waals surface area contributed by atoms with Crippen LogP contribution in [0.3, 0.4) is 0 Å². The third kappa shape index (κ3) is 3.55. The first-order valence-electron chi connectivity index (χ1n) is 7.92. The van der Waals surface area contributed by atoms with Crippen LogP contribution in [0.5, 0.6) is 5.75 Å². The van der Waals surface area contributed by atoms with E-state index >= 15 is 0 Å². The first-order valence-corrected chi connectivity index (χ1v) is 7.92. The van der Waals surface area contributed by atoms with E-state index in [1.807, 2.05) is 57.5 Å². The molecular formula is C20H23ClN2O2. The molecule has 1 heterocycles. The number of rotatable bonds is 4. The predicted molar refractivity (Wildman–Crippen MR) is 106 cm³/mol. The maximum atomic E-state index is 12.8. The maximum Gasteiger partial charge on any atom is 0.258 e. The van der Waals surface area contributed by atoms with E-state index in [1.54, 1.807) is 11.7 Å². The molecule has 0 aliphatic carbocycles. The van der Waals surface area contributed by atoms with E-state index in [-0.39, 0.29) is 18.0 Å². The topological polar surface area (TPSA) is 34.5 Å². The molecule has 0 aliphatic rings. The number of hydrogen-bond donors (Lipinski definition) is 0. The van der Waals surface area contributed by atoms with E-state index in [0.717, 1.165) is 28.0 Å². The number of benzene rings is 2. The quantitative estimate of drug-likeness (QED) is 0.713. The van der Waals surface area contributed by atoms with Crippen molar-refractivity contribution in [2.75, 3.05) is 21.2 Å². The molecule has 25 heavy (non-hydrogen) atoms. The molecule has 0 fully saturated rings. The van der Waals surface area contributed by atoms with E-state index in [4.69, 9.17) is 4.74 Å². The second-order valence-electron chi connectivity index (χ2n) is 6.20. The van der Waals surface area contributed by atoms with Crippen LogP contribution in [0.2, 0.25) is 0 Å². The van der Waals surface area contributed by atoms with Gasteiger partial charge >= 0.3 is 0 Å². The molecule has 0 radical (unpaired) electrons. The SMILES string of the molecule is COc1ccc2c(=O)n(C)c(CN(C)C)c(-c3ccccc3)c2c1.Cl. The minimum absolute atomic E-state index is 0. The Morgan fingerprint density at radius 1 is 1.04 bits per heavy atom. The van der Waals surface area contributed by atoms with Gasteiger partial charge in [0.25, 0.3) is 5.56 Å². The average Bonchev–Trinajstić information content (AvgIpc) is 2.59. The van der Waals surface area contributed by atoms with Crippen molar-refractivity contribution < 1.29 is 4.74 Å². The zero-order chi connectivity index (χ0) is 17.3. The van der Waals surface area contributed by atoms with Gasteiger partial charge in [-0.3, -0.25) is 4.79 Å². The number of nitrogens with zero attached hydrogens (tertiary/aromatic N) is 2. The minimum Gasteiger partial charge on any atom is -0.497 e. The van der Waals surface area contributed by atoms with Crippen molar-refractivity contribution in [3.8, 4) is 16.9 Å². The van der Waals surface area contributed by atoms with Gasteiger partial charge in [0, 0.05) is 35.6 Å². The highest BCUT2D eigenvalue weighted by Crippen LogP contribution is 2.33. The molecule has 0 amide bonds. The van der Waals surface area contributed by atoms with E-state index in [2.05, 4.69) is 17.0 Å². The second-order valence-corrected chi connectivity index (χ2v) is 6.20. The standard InChI is InChI=1S/C20H22N2O2.ClH/c1-21(2)13-18-19(14-8-6-5-7-9-14)17-12-15(24-4)10-11-16(17)20(23)22(18)3;/h5-12H,13H2,1-4H3;1H. The molecule has 0 N–H and O–H groups in total. The van der Waals surface area contributed by atoms with Gasteiger partial charge in [-0.15, -0.1) is 12.4 Å². The van der Waals surface area contributed by atoms with Crippen LogP contribution >= 0.6 is 12.4 Å². The van der Waals surface area contributed by atoms with Crippen molar-refractivity contribution in [2.45, 2.75) is 6.54 Å². The fourth-order valence-corrected chi connectivity index (χ4v) is 3.08. The zero-order valence-corrected chi connectivity index (χ0v) is 15.8. The van der Waals surface area contributed by atoms with Crippen molar-refractivity contribution in [3.63, 3.8) is 0 Å². The summed E-state index contributed by atoms with van der Waals surface area (Å²) in [6, 6.07) is 15.8. The number of aromatic nitrogens is 1. The lowest BCUT2D eigenvalue weighted by Crippen LogP contribution is -2.25. The van der Waals surface area contributed by atoms with Crippen LogP contribution < -0.4 is 10.3 Å². The summed E-state index contributed by atoms with van der Waals surface area (Å²) in [5, 5.41) is 1.64. The lowest BCUT2D eigenvalue weighted by atomic mass is 9.96. The van der Waals surface area contributed by atoms with Crippen LogP contribution in [-0.4, -0.2) is 30.7 Å². The van der Waals surface area contributed by atoms with E-state index in [0.29, 0.717) is 11.9 Å². The molecule has 3 aromatic rings. The maximum absolute atomic E-state index is 12.8. The van der Waals surface area contributed by atoms with Crippen molar-refractivity contribution in [1.29, 1.82) is 0 Å². The van der Waals surface area contributed by atoms with Gasteiger partial charge in [-0.25, -0.2) is 0 Å².